The van der Waals surface area contributed by atoms with E-state index in [1.807, 2.05) is 0 Å². The van der Waals surface area contributed by atoms with E-state index >= 15 is 0 Å². The topological polar surface area (TPSA) is 70.0 Å². The average Bonchev–Trinajstić information content (AvgIpc) is 2.40. The molecule has 1 aliphatic rings. The van der Waals surface area contributed by atoms with Gasteiger partial charge in [-0.15, -0.1) is 0 Å². The number of nitriles is 1. The molecule has 0 aliphatic heterocycles. The van der Waals surface area contributed by atoms with Gasteiger partial charge in [-0.25, -0.2) is 8.42 Å². The maximum atomic E-state index is 12.3. The fraction of sp³-hybridized carbons (Fsp3) is 0.462. The molecule has 0 radical (unpaired) electrons. The van der Waals surface area contributed by atoms with E-state index in [2.05, 4.69) is 10.8 Å². The molecule has 19 heavy (non-hydrogen) atoms. The van der Waals surface area contributed by atoms with Gasteiger partial charge in [-0.1, -0.05) is 30.9 Å². The van der Waals surface area contributed by atoms with Crippen LogP contribution in [0.1, 0.15) is 32.1 Å². The number of benzene rings is 1. The molecule has 1 fully saturated rings. The molecule has 102 valence electrons. The van der Waals surface area contributed by atoms with Gasteiger partial charge in [0.2, 0.25) is 10.0 Å². The average molecular weight is 299 g/mol. The predicted molar refractivity (Wildman–Crippen MR) is 73.2 cm³/mol. The Labute approximate surface area is 118 Å². The van der Waals surface area contributed by atoms with Gasteiger partial charge in [0.15, 0.2) is 0 Å². The van der Waals surface area contributed by atoms with E-state index in [-0.39, 0.29) is 4.90 Å². The van der Waals surface area contributed by atoms with Crippen molar-refractivity contribution in [2.24, 2.45) is 0 Å². The van der Waals surface area contributed by atoms with Gasteiger partial charge in [0.05, 0.1) is 11.0 Å². The highest BCUT2D eigenvalue weighted by atomic mass is 35.5. The van der Waals surface area contributed by atoms with E-state index in [0.717, 1.165) is 19.3 Å². The lowest BCUT2D eigenvalue weighted by Crippen LogP contribution is -2.48. The Bertz CT molecular complexity index is 584. The largest absolute Gasteiger partial charge is 0.241 e. The Kier molecular flexibility index (Phi) is 4.14. The zero-order valence-electron chi connectivity index (χ0n) is 10.4. The summed E-state index contributed by atoms with van der Waals surface area (Å²) in [6, 6.07) is 8.07. The van der Waals surface area contributed by atoms with Gasteiger partial charge >= 0.3 is 0 Å². The van der Waals surface area contributed by atoms with Crippen LogP contribution in [0.4, 0.5) is 0 Å². The summed E-state index contributed by atoms with van der Waals surface area (Å²) in [5, 5.41) is 9.78. The van der Waals surface area contributed by atoms with E-state index in [1.54, 1.807) is 0 Å². The van der Waals surface area contributed by atoms with Crippen LogP contribution < -0.4 is 4.72 Å². The monoisotopic (exact) mass is 298 g/mol. The Morgan fingerprint density at radius 3 is 2.26 bits per heavy atom. The van der Waals surface area contributed by atoms with E-state index in [0.29, 0.717) is 17.9 Å². The fourth-order valence-electron chi connectivity index (χ4n) is 2.32. The van der Waals surface area contributed by atoms with Crippen LogP contribution in [0.5, 0.6) is 0 Å². The van der Waals surface area contributed by atoms with Crippen LogP contribution in [0.2, 0.25) is 5.02 Å². The summed E-state index contributed by atoms with van der Waals surface area (Å²) in [4.78, 5) is 0.136. The Hall–Kier alpha value is -1.09. The molecule has 0 bridgehead atoms. The number of nitrogens with zero attached hydrogens (tertiary/aromatic N) is 1. The third-order valence-electron chi connectivity index (χ3n) is 3.37. The van der Waals surface area contributed by atoms with Crippen molar-refractivity contribution in [3.63, 3.8) is 0 Å². The summed E-state index contributed by atoms with van der Waals surface area (Å²) < 4.78 is 27.1. The summed E-state index contributed by atoms with van der Waals surface area (Å²) in [5.74, 6) is 0. The van der Waals surface area contributed by atoms with Crippen LogP contribution in [0.3, 0.4) is 0 Å². The number of hydrogen-bond acceptors (Lipinski definition) is 3. The van der Waals surface area contributed by atoms with Gasteiger partial charge in [0, 0.05) is 5.02 Å². The minimum Gasteiger partial charge on any atom is -0.207 e. The molecule has 2 rings (SSSR count). The van der Waals surface area contributed by atoms with Gasteiger partial charge in [-0.2, -0.15) is 9.98 Å². The minimum absolute atomic E-state index is 0.136. The molecule has 1 aliphatic carbocycles. The van der Waals surface area contributed by atoms with Gasteiger partial charge in [-0.3, -0.25) is 0 Å². The van der Waals surface area contributed by atoms with Crippen molar-refractivity contribution in [1.29, 1.82) is 5.26 Å². The summed E-state index contributed by atoms with van der Waals surface area (Å²) >= 11 is 5.74. The molecule has 0 amide bonds. The molecule has 1 aromatic carbocycles. The number of rotatable bonds is 3. The van der Waals surface area contributed by atoms with Crippen LogP contribution in [-0.4, -0.2) is 14.0 Å². The molecular formula is C13H15ClN2O2S. The standard InChI is InChI=1S/C13H15ClN2O2S/c14-11-4-6-12(7-5-11)19(17,18)16-13(10-15)8-2-1-3-9-13/h4-7,16H,1-3,8-9H2. The molecule has 0 spiro atoms. The molecule has 1 saturated carbocycles. The van der Waals surface area contributed by atoms with Crippen molar-refractivity contribution in [3.05, 3.63) is 29.3 Å². The molecule has 1 aromatic rings. The highest BCUT2D eigenvalue weighted by Crippen LogP contribution is 2.29. The van der Waals surface area contributed by atoms with E-state index in [1.165, 1.54) is 24.3 Å². The Morgan fingerprint density at radius 1 is 1.16 bits per heavy atom. The Balaban J connectivity index is 2.25. The molecule has 0 aromatic heterocycles. The van der Waals surface area contributed by atoms with Crippen LogP contribution >= 0.6 is 11.6 Å². The fourth-order valence-corrected chi connectivity index (χ4v) is 3.82. The maximum absolute atomic E-state index is 12.3. The lowest BCUT2D eigenvalue weighted by molar-refractivity contribution is 0.338. The van der Waals surface area contributed by atoms with Crippen LogP contribution in [0.15, 0.2) is 29.2 Å². The first kappa shape index (κ1) is 14.3. The number of hydrogen-bond donors (Lipinski definition) is 1. The first-order valence-electron chi connectivity index (χ1n) is 6.18. The summed E-state index contributed by atoms with van der Waals surface area (Å²) in [7, 11) is -3.68. The second-order valence-electron chi connectivity index (χ2n) is 4.81. The molecule has 6 heteroatoms. The van der Waals surface area contributed by atoms with Crippen molar-refractivity contribution < 1.29 is 8.42 Å². The highest BCUT2D eigenvalue weighted by molar-refractivity contribution is 7.89. The van der Waals surface area contributed by atoms with Gasteiger partial charge in [-0.05, 0) is 37.1 Å². The summed E-state index contributed by atoms with van der Waals surface area (Å²) in [6.45, 7) is 0. The Morgan fingerprint density at radius 2 is 1.74 bits per heavy atom. The molecule has 0 heterocycles. The van der Waals surface area contributed by atoms with E-state index in [4.69, 9.17) is 11.6 Å². The van der Waals surface area contributed by atoms with Gasteiger partial charge in [0.1, 0.15) is 5.54 Å². The van der Waals surface area contributed by atoms with Crippen molar-refractivity contribution in [2.45, 2.75) is 42.5 Å². The van der Waals surface area contributed by atoms with E-state index < -0.39 is 15.6 Å². The van der Waals surface area contributed by atoms with E-state index in [9.17, 15) is 13.7 Å². The first-order valence-corrected chi connectivity index (χ1v) is 8.04. The predicted octanol–water partition coefficient (Wildman–Crippen LogP) is 2.84. The zero-order valence-corrected chi connectivity index (χ0v) is 12.0. The minimum atomic E-state index is -3.68. The molecule has 0 saturated heterocycles. The normalized spacial score (nSPS) is 18.7. The second-order valence-corrected chi connectivity index (χ2v) is 6.93. The number of sulfonamides is 1. The van der Waals surface area contributed by atoms with Crippen molar-refractivity contribution in [1.82, 2.24) is 4.72 Å². The first-order chi connectivity index (χ1) is 8.97. The highest BCUT2D eigenvalue weighted by Gasteiger charge is 2.36. The number of nitrogens with one attached hydrogen (secondary N) is 1. The summed E-state index contributed by atoms with van der Waals surface area (Å²) in [5.41, 5.74) is -0.962. The van der Waals surface area contributed by atoms with Crippen LogP contribution in [0.25, 0.3) is 0 Å². The van der Waals surface area contributed by atoms with Crippen molar-refractivity contribution in [3.8, 4) is 6.07 Å². The van der Waals surface area contributed by atoms with Crippen LogP contribution in [0, 0.1) is 11.3 Å². The molecule has 1 N–H and O–H groups in total. The lowest BCUT2D eigenvalue weighted by Gasteiger charge is -2.31. The molecular weight excluding hydrogens is 284 g/mol. The zero-order chi connectivity index (χ0) is 13.9. The van der Waals surface area contributed by atoms with Crippen molar-refractivity contribution in [2.75, 3.05) is 0 Å². The molecule has 0 unspecified atom stereocenters. The van der Waals surface area contributed by atoms with Crippen LogP contribution in [-0.2, 0) is 10.0 Å². The third kappa shape index (κ3) is 3.27. The smallest absolute Gasteiger partial charge is 0.207 e. The summed E-state index contributed by atoms with van der Waals surface area (Å²) in [6.07, 6.45) is 3.92. The SMILES string of the molecule is N#CC1(NS(=O)(=O)c2ccc(Cl)cc2)CCCCC1. The quantitative estimate of drug-likeness (QED) is 0.933. The third-order valence-corrected chi connectivity index (χ3v) is 5.18. The lowest BCUT2D eigenvalue weighted by atomic mass is 9.84. The maximum Gasteiger partial charge on any atom is 0.241 e. The molecule has 4 nitrogen and oxygen atoms in total. The molecule has 0 atom stereocenters. The second kappa shape index (κ2) is 5.49. The van der Waals surface area contributed by atoms with Crippen molar-refractivity contribution >= 4 is 21.6 Å². The number of halogens is 1. The van der Waals surface area contributed by atoms with Gasteiger partial charge in [0.25, 0.3) is 0 Å². The van der Waals surface area contributed by atoms with Gasteiger partial charge < -0.3 is 0 Å².